The van der Waals surface area contributed by atoms with Crippen LogP contribution in [0.2, 0.25) is 0 Å². The van der Waals surface area contributed by atoms with Crippen LogP contribution in [-0.4, -0.2) is 32.4 Å². The van der Waals surface area contributed by atoms with Gasteiger partial charge in [-0.25, -0.2) is 13.4 Å². The topological polar surface area (TPSA) is 72.2 Å². The molecule has 1 aromatic carbocycles. The van der Waals surface area contributed by atoms with Crippen molar-refractivity contribution in [3.8, 4) is 0 Å². The summed E-state index contributed by atoms with van der Waals surface area (Å²) in [5, 5.41) is 2.15. The van der Waals surface area contributed by atoms with Gasteiger partial charge in [0.25, 0.3) is 0 Å². The minimum absolute atomic E-state index is 0.0647. The van der Waals surface area contributed by atoms with Crippen molar-refractivity contribution in [2.45, 2.75) is 17.6 Å². The molecule has 0 radical (unpaired) electrons. The third-order valence-electron chi connectivity index (χ3n) is 2.43. The van der Waals surface area contributed by atoms with E-state index in [1.165, 1.54) is 18.2 Å². The number of alkyl halides is 3. The molecule has 0 spiro atoms. The first-order valence-corrected chi connectivity index (χ1v) is 7.41. The van der Waals surface area contributed by atoms with Crippen LogP contribution in [0.4, 0.5) is 13.2 Å². The van der Waals surface area contributed by atoms with Gasteiger partial charge in [-0.15, -0.1) is 0 Å². The number of hydrogen-bond donors (Lipinski definition) is 1. The second-order valence-corrected chi connectivity index (χ2v) is 6.24. The lowest BCUT2D eigenvalue weighted by atomic mass is 10.3. The van der Waals surface area contributed by atoms with Crippen LogP contribution >= 0.6 is 0 Å². The summed E-state index contributed by atoms with van der Waals surface area (Å²) in [6, 6.07) is 4.10. The molecule has 2 aromatic rings. The summed E-state index contributed by atoms with van der Waals surface area (Å²) in [6.07, 6.45) is -3.25. The minimum atomic E-state index is -4.31. The van der Waals surface area contributed by atoms with Crippen molar-refractivity contribution >= 4 is 20.9 Å². The van der Waals surface area contributed by atoms with E-state index in [1.54, 1.807) is 0 Å². The molecule has 0 unspecified atom stereocenters. The monoisotopic (exact) mass is 308 g/mol. The Hall–Kier alpha value is -1.61. The number of benzene rings is 1. The van der Waals surface area contributed by atoms with Crippen LogP contribution in [0.1, 0.15) is 5.89 Å². The third kappa shape index (κ3) is 3.70. The lowest BCUT2D eigenvalue weighted by molar-refractivity contribution is -0.125. The zero-order valence-corrected chi connectivity index (χ0v) is 11.2. The highest BCUT2D eigenvalue weighted by Crippen LogP contribution is 2.20. The SMILES string of the molecule is CS(=O)(=O)c1ccc2oc(CNCC(F)(F)F)nc2c1. The number of halogens is 3. The Balaban J connectivity index is 2.17. The molecule has 1 N–H and O–H groups in total. The van der Waals surface area contributed by atoms with E-state index in [0.29, 0.717) is 5.58 Å². The fraction of sp³-hybridized carbons (Fsp3) is 0.364. The van der Waals surface area contributed by atoms with E-state index in [2.05, 4.69) is 10.3 Å². The maximum Gasteiger partial charge on any atom is 0.401 e. The number of oxazole rings is 1. The molecular weight excluding hydrogens is 297 g/mol. The van der Waals surface area contributed by atoms with Crippen LogP contribution in [0.3, 0.4) is 0 Å². The predicted molar refractivity (Wildman–Crippen MR) is 64.9 cm³/mol. The van der Waals surface area contributed by atoms with E-state index in [4.69, 9.17) is 4.42 Å². The zero-order valence-electron chi connectivity index (χ0n) is 10.4. The van der Waals surface area contributed by atoms with Gasteiger partial charge in [-0.1, -0.05) is 0 Å². The lowest BCUT2D eigenvalue weighted by Gasteiger charge is -2.05. The summed E-state index contributed by atoms with van der Waals surface area (Å²) < 4.78 is 63.9. The summed E-state index contributed by atoms with van der Waals surface area (Å²) >= 11 is 0. The second kappa shape index (κ2) is 5.06. The van der Waals surface area contributed by atoms with Crippen LogP contribution in [0.15, 0.2) is 27.5 Å². The summed E-state index contributed by atoms with van der Waals surface area (Å²) in [7, 11) is -3.37. The molecule has 0 aliphatic rings. The fourth-order valence-corrected chi connectivity index (χ4v) is 2.21. The third-order valence-corrected chi connectivity index (χ3v) is 3.54. The molecule has 2 rings (SSSR count). The van der Waals surface area contributed by atoms with Crippen molar-refractivity contribution in [3.63, 3.8) is 0 Å². The van der Waals surface area contributed by atoms with Gasteiger partial charge < -0.3 is 9.73 Å². The van der Waals surface area contributed by atoms with Gasteiger partial charge in [0.05, 0.1) is 18.0 Å². The molecule has 0 aliphatic carbocycles. The van der Waals surface area contributed by atoms with Crippen LogP contribution < -0.4 is 5.32 Å². The molecule has 9 heteroatoms. The highest BCUT2D eigenvalue weighted by molar-refractivity contribution is 7.90. The Labute approximate surface area is 112 Å². The number of sulfone groups is 1. The van der Waals surface area contributed by atoms with Gasteiger partial charge >= 0.3 is 6.18 Å². The molecule has 0 amide bonds. The Morgan fingerprint density at radius 2 is 2.05 bits per heavy atom. The smallest absolute Gasteiger partial charge is 0.401 e. The summed E-state index contributed by atoms with van der Waals surface area (Å²) in [6.45, 7) is -1.34. The van der Waals surface area contributed by atoms with Crippen LogP contribution in [0.25, 0.3) is 11.1 Å². The molecule has 0 bridgehead atoms. The second-order valence-electron chi connectivity index (χ2n) is 4.23. The van der Waals surface area contributed by atoms with Crippen molar-refractivity contribution in [1.29, 1.82) is 0 Å². The number of rotatable bonds is 4. The molecule has 0 fully saturated rings. The van der Waals surface area contributed by atoms with E-state index < -0.39 is 22.6 Å². The Bertz CT molecular complexity index is 722. The molecule has 1 heterocycles. The normalized spacial score (nSPS) is 13.0. The van der Waals surface area contributed by atoms with Crippen molar-refractivity contribution < 1.29 is 26.0 Å². The minimum Gasteiger partial charge on any atom is -0.439 e. The maximum absolute atomic E-state index is 12.0. The molecule has 0 saturated carbocycles. The molecule has 1 aromatic heterocycles. The van der Waals surface area contributed by atoms with E-state index in [-0.39, 0.29) is 22.8 Å². The fourth-order valence-electron chi connectivity index (χ4n) is 1.57. The van der Waals surface area contributed by atoms with E-state index in [9.17, 15) is 21.6 Å². The standard InChI is InChI=1S/C11H11F3N2O3S/c1-20(17,18)7-2-3-9-8(4-7)16-10(19-9)5-15-6-11(12,13)14/h2-4,15H,5-6H2,1H3. The molecule has 0 atom stereocenters. The molecule has 20 heavy (non-hydrogen) atoms. The summed E-state index contributed by atoms with van der Waals surface area (Å²) in [4.78, 5) is 4.02. The number of nitrogens with zero attached hydrogens (tertiary/aromatic N) is 1. The number of nitrogens with one attached hydrogen (secondary N) is 1. The number of aromatic nitrogens is 1. The molecular formula is C11H11F3N2O3S. The first-order chi connectivity index (χ1) is 9.15. The van der Waals surface area contributed by atoms with Crippen molar-refractivity contribution in [2.24, 2.45) is 0 Å². The predicted octanol–water partition coefficient (Wildman–Crippen LogP) is 1.88. The van der Waals surface area contributed by atoms with Crippen molar-refractivity contribution in [1.82, 2.24) is 10.3 Å². The summed E-state index contributed by atoms with van der Waals surface area (Å²) in [5.41, 5.74) is 0.609. The molecule has 0 aliphatic heterocycles. The van der Waals surface area contributed by atoms with Crippen LogP contribution in [-0.2, 0) is 16.4 Å². The largest absolute Gasteiger partial charge is 0.439 e. The first kappa shape index (κ1) is 14.8. The van der Waals surface area contributed by atoms with E-state index in [1.807, 2.05) is 0 Å². The molecule has 0 saturated heterocycles. The zero-order chi connectivity index (χ0) is 15.0. The van der Waals surface area contributed by atoms with Gasteiger partial charge in [0.1, 0.15) is 5.52 Å². The Morgan fingerprint density at radius 1 is 1.35 bits per heavy atom. The maximum atomic E-state index is 12.0. The Morgan fingerprint density at radius 3 is 2.65 bits per heavy atom. The first-order valence-electron chi connectivity index (χ1n) is 5.52. The van der Waals surface area contributed by atoms with Gasteiger partial charge in [-0.3, -0.25) is 0 Å². The van der Waals surface area contributed by atoms with Gasteiger partial charge in [0.2, 0.25) is 5.89 Å². The van der Waals surface area contributed by atoms with Crippen LogP contribution in [0, 0.1) is 0 Å². The lowest BCUT2D eigenvalue weighted by Crippen LogP contribution is -2.28. The number of fused-ring (bicyclic) bond motifs is 1. The average Bonchev–Trinajstić information content (AvgIpc) is 2.67. The quantitative estimate of drug-likeness (QED) is 0.933. The van der Waals surface area contributed by atoms with Crippen LogP contribution in [0.5, 0.6) is 0 Å². The van der Waals surface area contributed by atoms with Gasteiger partial charge in [0, 0.05) is 6.26 Å². The highest BCUT2D eigenvalue weighted by atomic mass is 32.2. The molecule has 110 valence electrons. The van der Waals surface area contributed by atoms with Crippen molar-refractivity contribution in [3.05, 3.63) is 24.1 Å². The average molecular weight is 308 g/mol. The molecule has 5 nitrogen and oxygen atoms in total. The van der Waals surface area contributed by atoms with E-state index >= 15 is 0 Å². The number of hydrogen-bond acceptors (Lipinski definition) is 5. The summed E-state index contributed by atoms with van der Waals surface area (Å²) in [5.74, 6) is 0.0647. The van der Waals surface area contributed by atoms with Crippen molar-refractivity contribution in [2.75, 3.05) is 12.8 Å². The van der Waals surface area contributed by atoms with E-state index in [0.717, 1.165) is 6.26 Å². The van der Waals surface area contributed by atoms with Gasteiger partial charge in [-0.05, 0) is 18.2 Å². The van der Waals surface area contributed by atoms with Gasteiger partial charge in [-0.2, -0.15) is 13.2 Å². The van der Waals surface area contributed by atoms with Gasteiger partial charge in [0.15, 0.2) is 15.4 Å². The Kier molecular flexibility index (Phi) is 3.74. The highest BCUT2D eigenvalue weighted by Gasteiger charge is 2.26.